The lowest BCUT2D eigenvalue weighted by Crippen LogP contribution is -2.38. The number of sulfonamides is 1. The van der Waals surface area contributed by atoms with Gasteiger partial charge in [-0.05, 0) is 41.0 Å². The molecule has 1 aliphatic heterocycles. The molecule has 3 rings (SSSR count). The lowest BCUT2D eigenvalue weighted by molar-refractivity contribution is 0.546. The quantitative estimate of drug-likeness (QED) is 0.795. The Bertz CT molecular complexity index is 755. The Hall–Kier alpha value is -1.04. The Morgan fingerprint density at radius 3 is 2.86 bits per heavy atom. The Labute approximate surface area is 134 Å². The maximum atomic E-state index is 12.9. The molecular weight excluding hydrogens is 326 g/mol. The highest BCUT2D eigenvalue weighted by molar-refractivity contribution is 7.94. The Balaban J connectivity index is 2.07. The van der Waals surface area contributed by atoms with Gasteiger partial charge in [-0.1, -0.05) is 25.1 Å². The van der Waals surface area contributed by atoms with E-state index in [1.54, 1.807) is 15.8 Å². The van der Waals surface area contributed by atoms with E-state index in [4.69, 9.17) is 11.6 Å². The van der Waals surface area contributed by atoms with E-state index in [1.165, 1.54) is 11.3 Å². The van der Waals surface area contributed by atoms with Crippen molar-refractivity contribution in [2.24, 2.45) is 5.92 Å². The second-order valence-electron chi connectivity index (χ2n) is 5.38. The Morgan fingerprint density at radius 2 is 2.14 bits per heavy atom. The summed E-state index contributed by atoms with van der Waals surface area (Å²) in [6.07, 6.45) is 0.916. The summed E-state index contributed by atoms with van der Waals surface area (Å²) in [6, 6.07) is 9.41. The second kappa shape index (κ2) is 5.63. The van der Waals surface area contributed by atoms with E-state index in [9.17, 15) is 8.42 Å². The number of benzene rings is 1. The molecule has 0 aliphatic carbocycles. The minimum absolute atomic E-state index is 0.308. The fraction of sp³-hybridized carbons (Fsp3) is 0.333. The highest BCUT2D eigenvalue weighted by atomic mass is 35.5. The first-order chi connectivity index (χ1) is 10.0. The number of hydrogen-bond acceptors (Lipinski definition) is 3. The lowest BCUT2D eigenvalue weighted by atomic mass is 9.96. The summed E-state index contributed by atoms with van der Waals surface area (Å²) >= 11 is 7.02. The number of fused-ring (bicyclic) bond motifs is 1. The van der Waals surface area contributed by atoms with Gasteiger partial charge in [-0.15, -0.1) is 22.9 Å². The summed E-state index contributed by atoms with van der Waals surface area (Å²) in [5.41, 5.74) is 2.74. The molecule has 2 aromatic rings. The second-order valence-corrected chi connectivity index (χ2v) is 8.65. The van der Waals surface area contributed by atoms with Crippen molar-refractivity contribution in [1.82, 2.24) is 0 Å². The zero-order valence-electron chi connectivity index (χ0n) is 11.6. The molecular formula is C15H16ClNO2S2. The van der Waals surface area contributed by atoms with Gasteiger partial charge in [0.15, 0.2) is 0 Å². The monoisotopic (exact) mass is 341 g/mol. The number of thiophene rings is 1. The van der Waals surface area contributed by atoms with Crippen LogP contribution in [-0.2, 0) is 22.3 Å². The van der Waals surface area contributed by atoms with Crippen LogP contribution in [0.5, 0.6) is 0 Å². The highest BCUT2D eigenvalue weighted by Gasteiger charge is 2.32. The van der Waals surface area contributed by atoms with Gasteiger partial charge in [0.1, 0.15) is 4.21 Å². The van der Waals surface area contributed by atoms with E-state index in [0.717, 1.165) is 23.2 Å². The molecule has 1 aromatic heterocycles. The van der Waals surface area contributed by atoms with Crippen LogP contribution in [0.25, 0.3) is 0 Å². The van der Waals surface area contributed by atoms with Gasteiger partial charge in [-0.25, -0.2) is 8.42 Å². The predicted molar refractivity (Wildman–Crippen MR) is 87.7 cm³/mol. The molecule has 0 fully saturated rings. The van der Waals surface area contributed by atoms with Gasteiger partial charge in [-0.2, -0.15) is 0 Å². The van der Waals surface area contributed by atoms with Crippen LogP contribution in [0.2, 0.25) is 0 Å². The van der Waals surface area contributed by atoms with Crippen molar-refractivity contribution in [2.75, 3.05) is 10.8 Å². The molecule has 2 heterocycles. The van der Waals surface area contributed by atoms with E-state index < -0.39 is 10.0 Å². The minimum Gasteiger partial charge on any atom is -0.265 e. The van der Waals surface area contributed by atoms with E-state index in [2.05, 4.69) is 6.92 Å². The van der Waals surface area contributed by atoms with Gasteiger partial charge in [0, 0.05) is 12.4 Å². The van der Waals surface area contributed by atoms with Crippen LogP contribution in [-0.4, -0.2) is 15.0 Å². The van der Waals surface area contributed by atoms with E-state index in [-0.39, 0.29) is 0 Å². The predicted octanol–water partition coefficient (Wildman–Crippen LogP) is 3.87. The summed E-state index contributed by atoms with van der Waals surface area (Å²) in [6.45, 7) is 2.60. The number of halogens is 1. The topological polar surface area (TPSA) is 37.4 Å². The molecule has 1 atom stereocenters. The summed E-state index contributed by atoms with van der Waals surface area (Å²) in [5, 5.41) is 1.80. The summed E-state index contributed by atoms with van der Waals surface area (Å²) in [5.74, 6) is 0.640. The van der Waals surface area contributed by atoms with Gasteiger partial charge in [0.05, 0.1) is 5.69 Å². The van der Waals surface area contributed by atoms with E-state index in [1.807, 2.05) is 24.3 Å². The van der Waals surface area contributed by atoms with Crippen molar-refractivity contribution < 1.29 is 8.42 Å². The zero-order chi connectivity index (χ0) is 15.0. The van der Waals surface area contributed by atoms with Crippen LogP contribution in [0.3, 0.4) is 0 Å². The number of nitrogens with zero attached hydrogens (tertiary/aromatic N) is 1. The summed E-state index contributed by atoms with van der Waals surface area (Å²) in [7, 11) is -3.50. The summed E-state index contributed by atoms with van der Waals surface area (Å²) in [4.78, 5) is 0. The van der Waals surface area contributed by atoms with Crippen LogP contribution in [0.4, 0.5) is 5.69 Å². The molecule has 6 heteroatoms. The van der Waals surface area contributed by atoms with Crippen LogP contribution < -0.4 is 4.31 Å². The van der Waals surface area contributed by atoms with Gasteiger partial charge >= 0.3 is 0 Å². The molecule has 3 nitrogen and oxygen atoms in total. The maximum absolute atomic E-state index is 12.9. The van der Waals surface area contributed by atoms with E-state index >= 15 is 0 Å². The molecule has 112 valence electrons. The number of anilines is 1. The smallest absolute Gasteiger partial charge is 0.265 e. The number of alkyl halides is 1. The van der Waals surface area contributed by atoms with Crippen molar-refractivity contribution in [2.45, 2.75) is 23.4 Å². The third-order valence-electron chi connectivity index (χ3n) is 3.63. The van der Waals surface area contributed by atoms with Crippen molar-refractivity contribution in [3.8, 4) is 0 Å². The molecule has 21 heavy (non-hydrogen) atoms. The average molecular weight is 342 g/mol. The fourth-order valence-corrected chi connectivity index (χ4v) is 5.83. The van der Waals surface area contributed by atoms with Crippen molar-refractivity contribution in [3.63, 3.8) is 0 Å². The number of rotatable bonds is 3. The third-order valence-corrected chi connectivity index (χ3v) is 7.19. The lowest BCUT2D eigenvalue weighted by Gasteiger charge is -2.33. The first-order valence-corrected chi connectivity index (χ1v) is 9.62. The van der Waals surface area contributed by atoms with Crippen LogP contribution in [0.15, 0.2) is 39.9 Å². The molecule has 0 bridgehead atoms. The molecule has 0 amide bonds. The van der Waals surface area contributed by atoms with Crippen LogP contribution in [0.1, 0.15) is 18.1 Å². The average Bonchev–Trinajstić information content (AvgIpc) is 2.96. The van der Waals surface area contributed by atoms with Gasteiger partial charge in [0.25, 0.3) is 10.0 Å². The Morgan fingerprint density at radius 1 is 1.38 bits per heavy atom. The fourth-order valence-electron chi connectivity index (χ4n) is 2.64. The normalized spacial score (nSPS) is 18.6. The highest BCUT2D eigenvalue weighted by Crippen LogP contribution is 2.35. The first-order valence-electron chi connectivity index (χ1n) is 6.76. The maximum Gasteiger partial charge on any atom is 0.273 e. The van der Waals surface area contributed by atoms with Crippen LogP contribution >= 0.6 is 22.9 Å². The molecule has 0 saturated carbocycles. The standard InChI is InChI=1S/C15H16ClNO2S2/c1-11-6-13-4-2-3-5-14(13)17(9-11)21(18,19)15-7-12(8-16)10-20-15/h2-5,7,10-11H,6,8-9H2,1H3. The number of para-hydroxylation sites is 1. The minimum atomic E-state index is -3.50. The van der Waals surface area contributed by atoms with E-state index in [0.29, 0.717) is 22.6 Å². The molecule has 1 unspecified atom stereocenters. The van der Waals surface area contributed by atoms with Gasteiger partial charge in [-0.3, -0.25) is 4.31 Å². The van der Waals surface area contributed by atoms with Gasteiger partial charge < -0.3 is 0 Å². The molecule has 0 spiro atoms. The van der Waals surface area contributed by atoms with Crippen LogP contribution in [0, 0.1) is 5.92 Å². The molecule has 0 radical (unpaired) electrons. The molecule has 0 saturated heterocycles. The molecule has 1 aliphatic rings. The first kappa shape index (κ1) is 14.9. The summed E-state index contributed by atoms with van der Waals surface area (Å²) < 4.78 is 27.7. The van der Waals surface area contributed by atoms with Gasteiger partial charge in [0.2, 0.25) is 0 Å². The Kier molecular flexibility index (Phi) is 3.99. The molecule has 0 N–H and O–H groups in total. The SMILES string of the molecule is CC1Cc2ccccc2N(S(=O)(=O)c2cc(CCl)cs2)C1. The third kappa shape index (κ3) is 2.70. The van der Waals surface area contributed by atoms with Crippen molar-refractivity contribution in [1.29, 1.82) is 0 Å². The largest absolute Gasteiger partial charge is 0.273 e. The van der Waals surface area contributed by atoms with Crippen molar-refractivity contribution in [3.05, 3.63) is 46.8 Å². The number of hydrogen-bond donors (Lipinski definition) is 0. The zero-order valence-corrected chi connectivity index (χ0v) is 14.0. The van der Waals surface area contributed by atoms with Crippen molar-refractivity contribution >= 4 is 38.6 Å². The molecule has 1 aromatic carbocycles.